The molecule has 2 aromatic rings. The normalized spacial score (nSPS) is 10.5. The maximum Gasteiger partial charge on any atom is 0.311 e. The molecule has 2 heterocycles. The van der Waals surface area contributed by atoms with Gasteiger partial charge in [-0.15, -0.1) is 11.3 Å². The lowest BCUT2D eigenvalue weighted by Gasteiger charge is -2.02. The number of rotatable bonds is 7. The number of carbonyl (C=O) groups excluding carboxylic acids is 2. The molecule has 0 spiro atoms. The van der Waals surface area contributed by atoms with Crippen LogP contribution in [0.25, 0.3) is 0 Å². The topological polar surface area (TPSA) is 114 Å². The predicted octanol–water partition coefficient (Wildman–Crippen LogP) is 1.68. The number of esters is 1. The van der Waals surface area contributed by atoms with E-state index in [1.807, 2.05) is 0 Å². The molecule has 0 saturated carbocycles. The van der Waals surface area contributed by atoms with Gasteiger partial charge in [0.15, 0.2) is 10.3 Å². The third-order valence-electron chi connectivity index (χ3n) is 2.94. The van der Waals surface area contributed by atoms with E-state index in [0.717, 1.165) is 16.6 Å². The van der Waals surface area contributed by atoms with Gasteiger partial charge < -0.3 is 15.0 Å². The highest BCUT2D eigenvalue weighted by Gasteiger charge is 2.14. The fraction of sp³-hybridized carbons (Fsp3) is 0.400. The smallest absolute Gasteiger partial charge is 0.311 e. The minimum absolute atomic E-state index is 0.0816. The lowest BCUT2D eigenvalue weighted by molar-refractivity contribution is -0.142. The van der Waals surface area contributed by atoms with Crippen molar-refractivity contribution in [3.05, 3.63) is 32.7 Å². The lowest BCUT2D eigenvalue weighted by atomic mass is 10.3. The van der Waals surface area contributed by atoms with Crippen LogP contribution in [-0.2, 0) is 20.7 Å². The van der Waals surface area contributed by atoms with Gasteiger partial charge >= 0.3 is 5.97 Å². The molecule has 25 heavy (non-hydrogen) atoms. The number of aromatic amines is 1. The van der Waals surface area contributed by atoms with Crippen molar-refractivity contribution < 1.29 is 14.3 Å². The molecule has 0 saturated heterocycles. The molecule has 0 bridgehead atoms. The molecular weight excluding hydrogens is 364 g/mol. The van der Waals surface area contributed by atoms with Crippen LogP contribution in [0.1, 0.15) is 23.2 Å². The number of aromatic nitrogens is 3. The van der Waals surface area contributed by atoms with Gasteiger partial charge in [0.2, 0.25) is 5.91 Å². The molecule has 2 aromatic heterocycles. The molecule has 0 aromatic carbocycles. The number of H-pyrrole nitrogens is 1. The zero-order valence-electron chi connectivity index (χ0n) is 14.0. The first-order valence-corrected chi connectivity index (χ1v) is 9.30. The molecule has 0 atom stereocenters. The summed E-state index contributed by atoms with van der Waals surface area (Å²) in [4.78, 5) is 46.6. The van der Waals surface area contributed by atoms with Crippen LogP contribution >= 0.6 is 23.1 Å². The Hall–Kier alpha value is -2.20. The van der Waals surface area contributed by atoms with E-state index < -0.39 is 0 Å². The van der Waals surface area contributed by atoms with Crippen LogP contribution in [-0.4, -0.2) is 39.2 Å². The molecule has 10 heteroatoms. The number of nitrogens with one attached hydrogen (secondary N) is 2. The maximum absolute atomic E-state index is 12.0. The van der Waals surface area contributed by atoms with Gasteiger partial charge in [0.05, 0.1) is 24.5 Å². The van der Waals surface area contributed by atoms with Crippen molar-refractivity contribution in [3.8, 4) is 0 Å². The van der Waals surface area contributed by atoms with Crippen LogP contribution in [0.15, 0.2) is 16.0 Å². The van der Waals surface area contributed by atoms with Crippen LogP contribution in [0.4, 0.5) is 5.13 Å². The van der Waals surface area contributed by atoms with Crippen molar-refractivity contribution in [3.63, 3.8) is 0 Å². The second kappa shape index (κ2) is 8.77. The Bertz CT molecular complexity index is 831. The minimum Gasteiger partial charge on any atom is -0.466 e. The van der Waals surface area contributed by atoms with E-state index in [1.165, 1.54) is 17.4 Å². The molecule has 0 aliphatic rings. The number of thioether (sulfide) groups is 1. The van der Waals surface area contributed by atoms with Gasteiger partial charge in [0.1, 0.15) is 0 Å². The summed E-state index contributed by atoms with van der Waals surface area (Å²) in [5, 5.41) is 3.50. The van der Waals surface area contributed by atoms with Gasteiger partial charge in [-0.3, -0.25) is 14.4 Å². The first-order valence-electron chi connectivity index (χ1n) is 7.50. The Morgan fingerprint density at radius 3 is 2.80 bits per heavy atom. The fourth-order valence-corrected chi connectivity index (χ4v) is 3.58. The third kappa shape index (κ3) is 5.98. The summed E-state index contributed by atoms with van der Waals surface area (Å²) in [6, 6.07) is 1.38. The fourth-order valence-electron chi connectivity index (χ4n) is 1.90. The van der Waals surface area contributed by atoms with E-state index in [1.54, 1.807) is 20.8 Å². The highest BCUT2D eigenvalue weighted by molar-refractivity contribution is 7.99. The number of amides is 1. The Balaban J connectivity index is 1.92. The van der Waals surface area contributed by atoms with Gasteiger partial charge in [-0.05, 0) is 20.8 Å². The third-order valence-corrected chi connectivity index (χ3v) is 4.88. The molecule has 2 rings (SSSR count). The number of hydrogen-bond donors (Lipinski definition) is 2. The van der Waals surface area contributed by atoms with E-state index in [4.69, 9.17) is 4.74 Å². The molecule has 0 aliphatic heterocycles. The highest BCUT2D eigenvalue weighted by atomic mass is 32.2. The molecule has 134 valence electrons. The Labute approximate surface area is 152 Å². The van der Waals surface area contributed by atoms with Crippen LogP contribution in [0.3, 0.4) is 0 Å². The van der Waals surface area contributed by atoms with Crippen molar-refractivity contribution in [2.24, 2.45) is 0 Å². The number of ether oxygens (including phenoxy) is 1. The molecule has 1 amide bonds. The van der Waals surface area contributed by atoms with Gasteiger partial charge in [-0.25, -0.2) is 9.97 Å². The first kappa shape index (κ1) is 19.1. The predicted molar refractivity (Wildman–Crippen MR) is 96.1 cm³/mol. The Morgan fingerprint density at radius 2 is 2.12 bits per heavy atom. The number of anilines is 1. The van der Waals surface area contributed by atoms with Gasteiger partial charge in [0, 0.05) is 16.6 Å². The van der Waals surface area contributed by atoms with Crippen LogP contribution < -0.4 is 10.9 Å². The Morgan fingerprint density at radius 1 is 1.36 bits per heavy atom. The van der Waals surface area contributed by atoms with E-state index >= 15 is 0 Å². The van der Waals surface area contributed by atoms with E-state index in [9.17, 15) is 14.4 Å². The second-order valence-corrected chi connectivity index (χ2v) is 7.09. The quantitative estimate of drug-likeness (QED) is 0.425. The zero-order chi connectivity index (χ0) is 18.4. The summed E-state index contributed by atoms with van der Waals surface area (Å²) in [6.45, 7) is 5.56. The SMILES string of the molecule is CCOC(=O)Cc1sc(NC(=O)CSc2nc(C)cc(=O)[nH]2)nc1C. The second-order valence-electron chi connectivity index (χ2n) is 5.04. The number of thiazole rings is 1. The molecule has 2 N–H and O–H groups in total. The minimum atomic E-state index is -0.322. The van der Waals surface area contributed by atoms with E-state index in [2.05, 4.69) is 20.3 Å². The zero-order valence-corrected chi connectivity index (χ0v) is 15.7. The molecular formula is C15H18N4O4S2. The summed E-state index contributed by atoms with van der Waals surface area (Å²) >= 11 is 2.37. The first-order chi connectivity index (χ1) is 11.9. The average Bonchev–Trinajstić information content (AvgIpc) is 2.84. The van der Waals surface area contributed by atoms with Crippen molar-refractivity contribution in [2.45, 2.75) is 32.3 Å². The summed E-state index contributed by atoms with van der Waals surface area (Å²) in [5.74, 6) is -0.513. The monoisotopic (exact) mass is 382 g/mol. The number of carbonyl (C=O) groups is 2. The van der Waals surface area contributed by atoms with Crippen molar-refractivity contribution in [1.82, 2.24) is 15.0 Å². The van der Waals surface area contributed by atoms with Gasteiger partial charge in [-0.2, -0.15) is 0 Å². The molecule has 0 fully saturated rings. The Kier molecular flexibility index (Phi) is 6.71. The van der Waals surface area contributed by atoms with Gasteiger partial charge in [0.25, 0.3) is 5.56 Å². The largest absolute Gasteiger partial charge is 0.466 e. The van der Waals surface area contributed by atoms with Crippen LogP contribution in [0.2, 0.25) is 0 Å². The molecule has 0 radical (unpaired) electrons. The summed E-state index contributed by atoms with van der Waals surface area (Å²) < 4.78 is 4.91. The molecule has 0 aliphatic carbocycles. The van der Waals surface area contributed by atoms with Crippen LogP contribution in [0, 0.1) is 13.8 Å². The summed E-state index contributed by atoms with van der Waals surface area (Å²) in [5.41, 5.74) is 1.02. The summed E-state index contributed by atoms with van der Waals surface area (Å²) in [7, 11) is 0. The molecule has 8 nitrogen and oxygen atoms in total. The maximum atomic E-state index is 12.0. The highest BCUT2D eigenvalue weighted by Crippen LogP contribution is 2.23. The van der Waals surface area contributed by atoms with Crippen molar-refractivity contribution >= 4 is 40.1 Å². The van der Waals surface area contributed by atoms with Crippen LogP contribution in [0.5, 0.6) is 0 Å². The van der Waals surface area contributed by atoms with Crippen molar-refractivity contribution in [1.29, 1.82) is 0 Å². The lowest BCUT2D eigenvalue weighted by Crippen LogP contribution is -2.15. The average molecular weight is 382 g/mol. The van der Waals surface area contributed by atoms with E-state index in [-0.39, 0.29) is 29.6 Å². The number of aryl methyl sites for hydroxylation is 2. The van der Waals surface area contributed by atoms with E-state index in [0.29, 0.717) is 28.3 Å². The standard InChI is InChI=1S/C15H18N4O4S2/c1-4-23-13(22)6-10-9(3)17-15(25-10)19-12(21)7-24-14-16-8(2)5-11(20)18-14/h5H,4,6-7H2,1-3H3,(H,16,18,20)(H,17,19,21). The van der Waals surface area contributed by atoms with Gasteiger partial charge in [-0.1, -0.05) is 11.8 Å². The number of nitrogens with zero attached hydrogens (tertiary/aromatic N) is 2. The molecule has 0 unspecified atom stereocenters. The number of hydrogen-bond acceptors (Lipinski definition) is 8. The summed E-state index contributed by atoms with van der Waals surface area (Å²) in [6.07, 6.45) is 0.135. The van der Waals surface area contributed by atoms with Crippen molar-refractivity contribution in [2.75, 3.05) is 17.7 Å².